The molecule has 1 heterocycles. The number of rotatable bonds is 5. The van der Waals surface area contributed by atoms with Crippen molar-refractivity contribution in [3.63, 3.8) is 0 Å². The van der Waals surface area contributed by atoms with Crippen LogP contribution >= 0.6 is 11.8 Å². The number of fused-ring (bicyclic) bond motifs is 1. The quantitative estimate of drug-likeness (QED) is 0.531. The summed E-state index contributed by atoms with van der Waals surface area (Å²) in [6.07, 6.45) is 0.761. The van der Waals surface area contributed by atoms with Crippen LogP contribution in [0.1, 0.15) is 11.1 Å². The summed E-state index contributed by atoms with van der Waals surface area (Å²) >= 11 is 1.64. The van der Waals surface area contributed by atoms with Gasteiger partial charge < -0.3 is 15.4 Å². The molecule has 152 valence electrons. The van der Waals surface area contributed by atoms with Gasteiger partial charge in [0.05, 0.1) is 17.8 Å². The predicted octanol–water partition coefficient (Wildman–Crippen LogP) is 6.00. The largest absolute Gasteiger partial charge is 0.497 e. The van der Waals surface area contributed by atoms with Crippen molar-refractivity contribution in [1.29, 1.82) is 0 Å². The van der Waals surface area contributed by atoms with E-state index in [9.17, 15) is 9.18 Å². The number of nitrogens with one attached hydrogen (secondary N) is 2. The van der Waals surface area contributed by atoms with Crippen LogP contribution in [0.25, 0.3) is 0 Å². The first-order valence-corrected chi connectivity index (χ1v) is 10.4. The van der Waals surface area contributed by atoms with Crippen molar-refractivity contribution in [2.75, 3.05) is 17.7 Å². The van der Waals surface area contributed by atoms with Crippen LogP contribution < -0.4 is 15.4 Å². The van der Waals surface area contributed by atoms with E-state index in [2.05, 4.69) is 15.6 Å². The summed E-state index contributed by atoms with van der Waals surface area (Å²) in [6, 6.07) is 19.0. The Morgan fingerprint density at radius 3 is 2.60 bits per heavy atom. The van der Waals surface area contributed by atoms with Gasteiger partial charge in [0.1, 0.15) is 11.6 Å². The van der Waals surface area contributed by atoms with Crippen LogP contribution in [0.3, 0.4) is 0 Å². The van der Waals surface area contributed by atoms with E-state index in [0.717, 1.165) is 34.0 Å². The van der Waals surface area contributed by atoms with Gasteiger partial charge in [-0.2, -0.15) is 0 Å². The number of carbonyl (C=O) groups excluding carboxylic acids is 1. The molecule has 0 aromatic heterocycles. The molecule has 0 atom stereocenters. The fourth-order valence-electron chi connectivity index (χ4n) is 3.06. The zero-order chi connectivity index (χ0) is 20.9. The minimum absolute atomic E-state index is 0.232. The normalized spacial score (nSPS) is 12.1. The van der Waals surface area contributed by atoms with Crippen LogP contribution in [0.4, 0.5) is 26.2 Å². The van der Waals surface area contributed by atoms with E-state index in [4.69, 9.17) is 4.74 Å². The maximum Gasteiger partial charge on any atom is 0.323 e. The number of nitrogens with zero attached hydrogens (tertiary/aromatic N) is 1. The fraction of sp³-hybridized carbons (Fsp3) is 0.130. The van der Waals surface area contributed by atoms with Crippen LogP contribution in [-0.2, 0) is 12.2 Å². The Kier molecular flexibility index (Phi) is 5.99. The van der Waals surface area contributed by atoms with Crippen LogP contribution in [-0.4, -0.2) is 18.2 Å². The Hall–Kier alpha value is -3.32. The lowest BCUT2D eigenvalue weighted by Gasteiger charge is -2.09. The van der Waals surface area contributed by atoms with Crippen LogP contribution in [0, 0.1) is 5.82 Å². The molecule has 0 saturated heterocycles. The molecular formula is C23H20FN3O2S. The molecule has 4 rings (SSSR count). The van der Waals surface area contributed by atoms with Gasteiger partial charge in [-0.25, -0.2) is 14.2 Å². The third-order valence-corrected chi connectivity index (χ3v) is 5.62. The SMILES string of the molecule is COc1cccc(NC(=O)Nc2ccc3c(c2)N=C(SCc2ccc(F)cc2)C3)c1. The van der Waals surface area contributed by atoms with Gasteiger partial charge in [-0.05, 0) is 47.5 Å². The Labute approximate surface area is 178 Å². The molecule has 1 aliphatic rings. The van der Waals surface area contributed by atoms with E-state index in [1.807, 2.05) is 30.3 Å². The molecule has 3 aromatic rings. The highest BCUT2D eigenvalue weighted by Gasteiger charge is 2.16. The molecule has 7 heteroatoms. The average molecular weight is 421 g/mol. The van der Waals surface area contributed by atoms with Crippen molar-refractivity contribution >= 4 is 39.9 Å². The summed E-state index contributed by atoms with van der Waals surface area (Å²) in [5.74, 6) is 1.18. The van der Waals surface area contributed by atoms with E-state index in [0.29, 0.717) is 17.1 Å². The topological polar surface area (TPSA) is 62.7 Å². The zero-order valence-corrected chi connectivity index (χ0v) is 17.1. The first-order valence-electron chi connectivity index (χ1n) is 9.39. The van der Waals surface area contributed by atoms with Gasteiger partial charge in [0, 0.05) is 29.6 Å². The fourth-order valence-corrected chi connectivity index (χ4v) is 4.00. The number of anilines is 2. The van der Waals surface area contributed by atoms with Crippen molar-refractivity contribution in [3.05, 3.63) is 83.7 Å². The Balaban J connectivity index is 1.36. The molecule has 0 saturated carbocycles. The monoisotopic (exact) mass is 421 g/mol. The third-order valence-electron chi connectivity index (χ3n) is 4.58. The lowest BCUT2D eigenvalue weighted by Crippen LogP contribution is -2.19. The molecule has 0 radical (unpaired) electrons. The number of urea groups is 1. The molecule has 0 bridgehead atoms. The Morgan fingerprint density at radius 1 is 1.07 bits per heavy atom. The smallest absolute Gasteiger partial charge is 0.323 e. The van der Waals surface area contributed by atoms with Gasteiger partial charge in [0.25, 0.3) is 0 Å². The molecule has 2 amide bonds. The number of halogens is 1. The highest BCUT2D eigenvalue weighted by molar-refractivity contribution is 8.13. The first-order chi connectivity index (χ1) is 14.6. The standard InChI is InChI=1S/C23H20FN3O2S/c1-29-20-4-2-3-18(12-20)25-23(28)26-19-10-7-16-11-22(27-21(16)13-19)30-14-15-5-8-17(24)9-6-15/h2-10,12-13H,11,14H2,1H3,(H2,25,26,28). The van der Waals surface area contributed by atoms with Gasteiger partial charge in [0.2, 0.25) is 0 Å². The second kappa shape index (κ2) is 9.00. The zero-order valence-electron chi connectivity index (χ0n) is 16.3. The lowest BCUT2D eigenvalue weighted by molar-refractivity contribution is 0.262. The lowest BCUT2D eigenvalue weighted by atomic mass is 10.1. The number of methoxy groups -OCH3 is 1. The van der Waals surface area contributed by atoms with Crippen LogP contribution in [0.5, 0.6) is 5.75 Å². The molecule has 5 nitrogen and oxygen atoms in total. The Morgan fingerprint density at radius 2 is 1.83 bits per heavy atom. The van der Waals surface area contributed by atoms with Gasteiger partial charge in [0.15, 0.2) is 0 Å². The van der Waals surface area contributed by atoms with Crippen LogP contribution in [0.2, 0.25) is 0 Å². The van der Waals surface area contributed by atoms with Gasteiger partial charge in [-0.15, -0.1) is 11.8 Å². The van der Waals surface area contributed by atoms with E-state index in [1.165, 1.54) is 12.1 Å². The summed E-state index contributed by atoms with van der Waals surface area (Å²) in [6.45, 7) is 0. The van der Waals surface area contributed by atoms with Crippen molar-refractivity contribution < 1.29 is 13.9 Å². The summed E-state index contributed by atoms with van der Waals surface area (Å²) in [7, 11) is 1.58. The molecular weight excluding hydrogens is 401 g/mol. The maximum absolute atomic E-state index is 13.0. The van der Waals surface area contributed by atoms with Crippen LogP contribution in [0.15, 0.2) is 71.7 Å². The summed E-state index contributed by atoms with van der Waals surface area (Å²) < 4.78 is 18.2. The Bertz CT molecular complexity index is 1100. The molecule has 0 unspecified atom stereocenters. The molecule has 2 N–H and O–H groups in total. The number of amides is 2. The molecule has 30 heavy (non-hydrogen) atoms. The number of benzene rings is 3. The second-order valence-electron chi connectivity index (χ2n) is 6.75. The number of ether oxygens (including phenoxy) is 1. The minimum Gasteiger partial charge on any atom is -0.497 e. The highest BCUT2D eigenvalue weighted by atomic mass is 32.2. The third kappa shape index (κ3) is 4.99. The number of hydrogen-bond acceptors (Lipinski definition) is 4. The average Bonchev–Trinajstić information content (AvgIpc) is 3.15. The molecule has 1 aliphatic heterocycles. The number of hydrogen-bond donors (Lipinski definition) is 2. The molecule has 0 aliphatic carbocycles. The minimum atomic E-state index is -0.337. The van der Waals surface area contributed by atoms with Crippen molar-refractivity contribution in [3.8, 4) is 5.75 Å². The molecule has 3 aromatic carbocycles. The van der Waals surface area contributed by atoms with Crippen molar-refractivity contribution in [2.45, 2.75) is 12.2 Å². The number of aliphatic imine (C=N–C) groups is 1. The van der Waals surface area contributed by atoms with Gasteiger partial charge >= 0.3 is 6.03 Å². The van der Waals surface area contributed by atoms with E-state index in [-0.39, 0.29) is 11.8 Å². The molecule has 0 spiro atoms. The number of carbonyl (C=O) groups is 1. The summed E-state index contributed by atoms with van der Waals surface area (Å²) in [5.41, 5.74) is 4.34. The van der Waals surface area contributed by atoms with Gasteiger partial charge in [-0.3, -0.25) is 0 Å². The van der Waals surface area contributed by atoms with E-state index >= 15 is 0 Å². The number of thioether (sulfide) groups is 1. The summed E-state index contributed by atoms with van der Waals surface area (Å²) in [5, 5.41) is 6.63. The van der Waals surface area contributed by atoms with Gasteiger partial charge in [-0.1, -0.05) is 24.3 Å². The first kappa shape index (κ1) is 20.0. The summed E-state index contributed by atoms with van der Waals surface area (Å²) in [4.78, 5) is 17.0. The highest BCUT2D eigenvalue weighted by Crippen LogP contribution is 2.33. The van der Waals surface area contributed by atoms with Crippen molar-refractivity contribution in [2.24, 2.45) is 4.99 Å². The van der Waals surface area contributed by atoms with E-state index < -0.39 is 0 Å². The van der Waals surface area contributed by atoms with Crippen molar-refractivity contribution in [1.82, 2.24) is 0 Å². The molecule has 0 fully saturated rings. The van der Waals surface area contributed by atoms with E-state index in [1.54, 1.807) is 43.1 Å². The predicted molar refractivity (Wildman–Crippen MR) is 121 cm³/mol. The second-order valence-corrected chi connectivity index (χ2v) is 7.80. The maximum atomic E-state index is 13.0.